The van der Waals surface area contributed by atoms with Gasteiger partial charge in [0.1, 0.15) is 0 Å². The zero-order valence-electron chi connectivity index (χ0n) is 8.86. The lowest BCUT2D eigenvalue weighted by Crippen LogP contribution is -2.36. The molecule has 0 unspecified atom stereocenters. The minimum atomic E-state index is 0.388. The highest BCUT2D eigenvalue weighted by atomic mass is 15.1. The number of guanidine groups is 1. The molecule has 0 saturated carbocycles. The van der Waals surface area contributed by atoms with Crippen LogP contribution in [0.4, 0.5) is 0 Å². The van der Waals surface area contributed by atoms with E-state index in [-0.39, 0.29) is 0 Å². The van der Waals surface area contributed by atoms with Crippen molar-refractivity contribution in [3.8, 4) is 0 Å². The van der Waals surface area contributed by atoms with Gasteiger partial charge in [0.05, 0.1) is 0 Å². The molecule has 0 atom stereocenters. The zero-order chi connectivity index (χ0) is 9.61. The molecular formula is C9H21N3. The van der Waals surface area contributed by atoms with Gasteiger partial charge in [0.2, 0.25) is 0 Å². The Morgan fingerprint density at radius 3 is 2.25 bits per heavy atom. The molecular weight excluding hydrogens is 150 g/mol. The molecule has 0 aromatic heterocycles. The second-order valence-corrected chi connectivity index (χ2v) is 4.06. The summed E-state index contributed by atoms with van der Waals surface area (Å²) >= 11 is 0. The quantitative estimate of drug-likeness (QED) is 0.484. The van der Waals surface area contributed by atoms with Crippen LogP contribution >= 0.6 is 0 Å². The van der Waals surface area contributed by atoms with E-state index in [0.29, 0.717) is 5.41 Å². The molecule has 72 valence electrons. The summed E-state index contributed by atoms with van der Waals surface area (Å²) in [5, 5.41) is 6.19. The first-order valence-corrected chi connectivity index (χ1v) is 4.38. The Hall–Kier alpha value is -0.730. The molecule has 0 aliphatic heterocycles. The van der Waals surface area contributed by atoms with Crippen molar-refractivity contribution in [2.24, 2.45) is 10.4 Å². The van der Waals surface area contributed by atoms with Crippen molar-refractivity contribution >= 4 is 5.96 Å². The van der Waals surface area contributed by atoms with Crippen LogP contribution in [0.25, 0.3) is 0 Å². The first-order chi connectivity index (χ1) is 5.49. The maximum Gasteiger partial charge on any atom is 0.190 e. The van der Waals surface area contributed by atoms with Crippen LogP contribution in [-0.4, -0.2) is 26.6 Å². The lowest BCUT2D eigenvalue weighted by molar-refractivity contribution is 0.377. The second kappa shape index (κ2) is 5.01. The van der Waals surface area contributed by atoms with E-state index in [4.69, 9.17) is 0 Å². The molecule has 0 spiro atoms. The van der Waals surface area contributed by atoms with E-state index in [2.05, 4.69) is 36.4 Å². The lowest BCUT2D eigenvalue weighted by Gasteiger charge is -2.18. The number of aliphatic imine (C=N–C) groups is 1. The summed E-state index contributed by atoms with van der Waals surface area (Å²) in [7, 11) is 3.64. The highest BCUT2D eigenvalue weighted by molar-refractivity contribution is 5.79. The second-order valence-electron chi connectivity index (χ2n) is 4.06. The van der Waals surface area contributed by atoms with Gasteiger partial charge in [-0.25, -0.2) is 0 Å². The van der Waals surface area contributed by atoms with E-state index in [9.17, 15) is 0 Å². The average Bonchev–Trinajstić information content (AvgIpc) is 1.96. The molecule has 0 rings (SSSR count). The normalized spacial score (nSPS) is 12.9. The minimum Gasteiger partial charge on any atom is -0.359 e. The molecule has 0 fully saturated rings. The standard InChI is InChI=1S/C9H21N3/c1-9(2,3)6-7-12-8(10-4)11-5/h6-7H2,1-5H3,(H2,10,11,12). The van der Waals surface area contributed by atoms with E-state index in [1.165, 1.54) is 0 Å². The maximum atomic E-state index is 4.02. The molecule has 12 heavy (non-hydrogen) atoms. The summed E-state index contributed by atoms with van der Waals surface area (Å²) in [6, 6.07) is 0. The van der Waals surface area contributed by atoms with Gasteiger partial charge in [0.25, 0.3) is 0 Å². The van der Waals surface area contributed by atoms with E-state index in [0.717, 1.165) is 18.9 Å². The Kier molecular flexibility index (Phi) is 4.71. The topological polar surface area (TPSA) is 36.4 Å². The highest BCUT2D eigenvalue weighted by Gasteiger charge is 2.08. The summed E-state index contributed by atoms with van der Waals surface area (Å²) < 4.78 is 0. The van der Waals surface area contributed by atoms with E-state index < -0.39 is 0 Å². The van der Waals surface area contributed by atoms with Crippen LogP contribution in [0, 0.1) is 5.41 Å². The number of hydrogen-bond donors (Lipinski definition) is 2. The molecule has 0 bridgehead atoms. The summed E-state index contributed by atoms with van der Waals surface area (Å²) in [6.45, 7) is 7.67. The summed E-state index contributed by atoms with van der Waals surface area (Å²) in [4.78, 5) is 4.02. The molecule has 0 amide bonds. The smallest absolute Gasteiger partial charge is 0.190 e. The van der Waals surface area contributed by atoms with Crippen molar-refractivity contribution in [1.29, 1.82) is 0 Å². The minimum absolute atomic E-state index is 0.388. The van der Waals surface area contributed by atoms with E-state index in [1.807, 2.05) is 7.05 Å². The van der Waals surface area contributed by atoms with Gasteiger partial charge in [-0.05, 0) is 11.8 Å². The highest BCUT2D eigenvalue weighted by Crippen LogP contribution is 2.16. The first-order valence-electron chi connectivity index (χ1n) is 4.38. The van der Waals surface area contributed by atoms with Crippen molar-refractivity contribution in [2.75, 3.05) is 20.6 Å². The van der Waals surface area contributed by atoms with Gasteiger partial charge in [0.15, 0.2) is 5.96 Å². The Bertz CT molecular complexity index is 144. The fourth-order valence-electron chi connectivity index (χ4n) is 0.835. The Morgan fingerprint density at radius 2 is 1.92 bits per heavy atom. The predicted octanol–water partition coefficient (Wildman–Crippen LogP) is 1.22. The maximum absolute atomic E-state index is 4.02. The number of nitrogens with one attached hydrogen (secondary N) is 2. The lowest BCUT2D eigenvalue weighted by atomic mass is 9.92. The molecule has 0 radical (unpaired) electrons. The van der Waals surface area contributed by atoms with E-state index >= 15 is 0 Å². The van der Waals surface area contributed by atoms with Crippen molar-refractivity contribution < 1.29 is 0 Å². The van der Waals surface area contributed by atoms with Crippen LogP contribution in [0.3, 0.4) is 0 Å². The van der Waals surface area contributed by atoms with Gasteiger partial charge in [-0.2, -0.15) is 0 Å². The van der Waals surface area contributed by atoms with Crippen molar-refractivity contribution in [2.45, 2.75) is 27.2 Å². The molecule has 0 heterocycles. The zero-order valence-corrected chi connectivity index (χ0v) is 8.86. The molecule has 0 saturated heterocycles. The summed E-state index contributed by atoms with van der Waals surface area (Å²) in [5.74, 6) is 0.860. The first kappa shape index (κ1) is 11.3. The van der Waals surface area contributed by atoms with Crippen LogP contribution in [0.1, 0.15) is 27.2 Å². The van der Waals surface area contributed by atoms with Gasteiger partial charge in [0, 0.05) is 20.6 Å². The van der Waals surface area contributed by atoms with Gasteiger partial charge < -0.3 is 10.6 Å². The third kappa shape index (κ3) is 6.01. The van der Waals surface area contributed by atoms with Crippen molar-refractivity contribution in [3.63, 3.8) is 0 Å². The fourth-order valence-corrected chi connectivity index (χ4v) is 0.835. The largest absolute Gasteiger partial charge is 0.359 e. The predicted molar refractivity (Wildman–Crippen MR) is 54.5 cm³/mol. The van der Waals surface area contributed by atoms with Gasteiger partial charge in [-0.3, -0.25) is 4.99 Å². The SMILES string of the molecule is C/N=C(/NC)NCCC(C)(C)C. The monoisotopic (exact) mass is 171 g/mol. The summed E-state index contributed by atoms with van der Waals surface area (Å²) in [6.07, 6.45) is 1.15. The fraction of sp³-hybridized carbons (Fsp3) is 0.889. The van der Waals surface area contributed by atoms with Crippen LogP contribution in [-0.2, 0) is 0 Å². The number of nitrogens with zero attached hydrogens (tertiary/aromatic N) is 1. The van der Waals surface area contributed by atoms with Gasteiger partial charge >= 0.3 is 0 Å². The van der Waals surface area contributed by atoms with Crippen LogP contribution < -0.4 is 10.6 Å². The molecule has 2 N–H and O–H groups in total. The number of hydrogen-bond acceptors (Lipinski definition) is 1. The van der Waals surface area contributed by atoms with Gasteiger partial charge in [-0.1, -0.05) is 20.8 Å². The van der Waals surface area contributed by atoms with Crippen molar-refractivity contribution in [3.05, 3.63) is 0 Å². The van der Waals surface area contributed by atoms with Crippen molar-refractivity contribution in [1.82, 2.24) is 10.6 Å². The average molecular weight is 171 g/mol. The molecule has 0 aliphatic carbocycles. The molecule has 0 aromatic carbocycles. The summed E-state index contributed by atoms with van der Waals surface area (Å²) in [5.41, 5.74) is 0.388. The Labute approximate surface area is 75.7 Å². The molecule has 0 aromatic rings. The molecule has 3 heteroatoms. The molecule has 0 aliphatic rings. The van der Waals surface area contributed by atoms with Crippen LogP contribution in [0.2, 0.25) is 0 Å². The Morgan fingerprint density at radius 1 is 1.33 bits per heavy atom. The number of rotatable bonds is 2. The van der Waals surface area contributed by atoms with E-state index in [1.54, 1.807) is 7.05 Å². The third-order valence-corrected chi connectivity index (χ3v) is 1.63. The van der Waals surface area contributed by atoms with Gasteiger partial charge in [-0.15, -0.1) is 0 Å². The van der Waals surface area contributed by atoms with Crippen LogP contribution in [0.5, 0.6) is 0 Å². The Balaban J connectivity index is 3.56. The molecule has 3 nitrogen and oxygen atoms in total. The van der Waals surface area contributed by atoms with Crippen LogP contribution in [0.15, 0.2) is 4.99 Å². The third-order valence-electron chi connectivity index (χ3n) is 1.63.